The van der Waals surface area contributed by atoms with E-state index in [0.717, 1.165) is 12.8 Å². The zero-order chi connectivity index (χ0) is 10.1. The first-order valence-electron chi connectivity index (χ1n) is 5.58. The van der Waals surface area contributed by atoms with Crippen LogP contribution in [0.3, 0.4) is 0 Å². The van der Waals surface area contributed by atoms with Gasteiger partial charge in [0.05, 0.1) is 5.60 Å². The highest BCUT2D eigenvalue weighted by Crippen LogP contribution is 2.40. The van der Waals surface area contributed by atoms with Gasteiger partial charge in [-0.05, 0) is 37.0 Å². The molecule has 0 saturated heterocycles. The summed E-state index contributed by atoms with van der Waals surface area (Å²) < 4.78 is 0. The maximum absolute atomic E-state index is 10.4. The first-order chi connectivity index (χ1) is 5.86. The number of aliphatic hydroxyl groups is 1. The van der Waals surface area contributed by atoms with Crippen molar-refractivity contribution >= 4 is 0 Å². The Kier molecular flexibility index (Phi) is 3.06. The van der Waals surface area contributed by atoms with Gasteiger partial charge in [0, 0.05) is 0 Å². The number of hydrogen-bond acceptors (Lipinski definition) is 1. The normalized spacial score (nSPS) is 34.6. The average molecular weight is 184 g/mol. The Morgan fingerprint density at radius 2 is 1.62 bits per heavy atom. The summed E-state index contributed by atoms with van der Waals surface area (Å²) >= 11 is 0. The van der Waals surface area contributed by atoms with Crippen LogP contribution >= 0.6 is 0 Å². The third-order valence-electron chi connectivity index (χ3n) is 3.77. The monoisotopic (exact) mass is 184 g/mol. The third kappa shape index (κ3) is 2.70. The minimum absolute atomic E-state index is 0.381. The molecule has 78 valence electrons. The first-order valence-corrected chi connectivity index (χ1v) is 5.58. The molecule has 1 aliphatic carbocycles. The number of hydrogen-bond donors (Lipinski definition) is 1. The molecule has 1 nitrogen and oxygen atoms in total. The van der Waals surface area contributed by atoms with Crippen LogP contribution in [0.15, 0.2) is 0 Å². The van der Waals surface area contributed by atoms with E-state index in [1.807, 2.05) is 0 Å². The lowest BCUT2D eigenvalue weighted by atomic mass is 9.81. The molecule has 1 aliphatic rings. The molecule has 1 N–H and O–H groups in total. The predicted octanol–water partition coefficient (Wildman–Crippen LogP) is 3.36. The Labute approximate surface area is 82.5 Å². The SMILES string of the molecule is CC(C)C1(O)CCCC(C)(C)CC1. The van der Waals surface area contributed by atoms with E-state index in [-0.39, 0.29) is 5.60 Å². The Balaban J connectivity index is 2.63. The topological polar surface area (TPSA) is 20.2 Å². The highest BCUT2D eigenvalue weighted by molar-refractivity contribution is 4.88. The fourth-order valence-corrected chi connectivity index (χ4v) is 2.26. The second-order valence-electron chi connectivity index (χ2n) is 5.78. The van der Waals surface area contributed by atoms with Crippen molar-refractivity contribution in [1.82, 2.24) is 0 Å². The van der Waals surface area contributed by atoms with Gasteiger partial charge in [0.1, 0.15) is 0 Å². The molecule has 1 heteroatoms. The van der Waals surface area contributed by atoms with Crippen molar-refractivity contribution in [2.24, 2.45) is 11.3 Å². The van der Waals surface area contributed by atoms with Gasteiger partial charge in [-0.2, -0.15) is 0 Å². The third-order valence-corrected chi connectivity index (χ3v) is 3.77. The molecule has 0 aromatic carbocycles. The van der Waals surface area contributed by atoms with Crippen molar-refractivity contribution in [1.29, 1.82) is 0 Å². The van der Waals surface area contributed by atoms with Crippen molar-refractivity contribution in [2.45, 2.75) is 65.4 Å². The van der Waals surface area contributed by atoms with Crippen LogP contribution in [0.1, 0.15) is 59.8 Å². The Morgan fingerprint density at radius 3 is 2.15 bits per heavy atom. The van der Waals surface area contributed by atoms with E-state index >= 15 is 0 Å². The Morgan fingerprint density at radius 1 is 1.00 bits per heavy atom. The van der Waals surface area contributed by atoms with Crippen LogP contribution in [0.25, 0.3) is 0 Å². The van der Waals surface area contributed by atoms with Gasteiger partial charge >= 0.3 is 0 Å². The maximum atomic E-state index is 10.4. The van der Waals surface area contributed by atoms with E-state index in [1.54, 1.807) is 0 Å². The summed E-state index contributed by atoms with van der Waals surface area (Å²) in [5.41, 5.74) is 0.0626. The van der Waals surface area contributed by atoms with Crippen LogP contribution in [-0.2, 0) is 0 Å². The van der Waals surface area contributed by atoms with Gasteiger partial charge < -0.3 is 5.11 Å². The summed E-state index contributed by atoms with van der Waals surface area (Å²) in [7, 11) is 0. The van der Waals surface area contributed by atoms with Gasteiger partial charge in [-0.25, -0.2) is 0 Å². The molecule has 0 spiro atoms. The summed E-state index contributed by atoms with van der Waals surface area (Å²) in [6.07, 6.45) is 5.59. The van der Waals surface area contributed by atoms with Crippen LogP contribution in [0.5, 0.6) is 0 Å². The van der Waals surface area contributed by atoms with Crippen molar-refractivity contribution in [3.63, 3.8) is 0 Å². The maximum Gasteiger partial charge on any atom is 0.0670 e. The lowest BCUT2D eigenvalue weighted by molar-refractivity contribution is -0.0208. The summed E-state index contributed by atoms with van der Waals surface area (Å²) in [6, 6.07) is 0. The minimum Gasteiger partial charge on any atom is -0.390 e. The molecular formula is C12H24O. The van der Waals surface area contributed by atoms with E-state index in [0.29, 0.717) is 11.3 Å². The van der Waals surface area contributed by atoms with E-state index in [1.165, 1.54) is 19.3 Å². The van der Waals surface area contributed by atoms with Gasteiger partial charge in [-0.3, -0.25) is 0 Å². The fourth-order valence-electron chi connectivity index (χ4n) is 2.26. The second kappa shape index (κ2) is 3.61. The van der Waals surface area contributed by atoms with Crippen LogP contribution in [-0.4, -0.2) is 10.7 Å². The second-order valence-corrected chi connectivity index (χ2v) is 5.78. The summed E-state index contributed by atoms with van der Waals surface area (Å²) in [4.78, 5) is 0. The molecule has 1 atom stereocenters. The van der Waals surface area contributed by atoms with Crippen molar-refractivity contribution in [3.05, 3.63) is 0 Å². The molecule has 1 fully saturated rings. The Bertz CT molecular complexity index is 172. The number of rotatable bonds is 1. The summed E-state index contributed by atoms with van der Waals surface area (Å²) in [5.74, 6) is 0.404. The van der Waals surface area contributed by atoms with Crippen molar-refractivity contribution < 1.29 is 5.11 Å². The smallest absolute Gasteiger partial charge is 0.0670 e. The summed E-state index contributed by atoms with van der Waals surface area (Å²) in [6.45, 7) is 8.91. The zero-order valence-corrected chi connectivity index (χ0v) is 9.56. The quantitative estimate of drug-likeness (QED) is 0.619. The van der Waals surface area contributed by atoms with Crippen LogP contribution in [0.2, 0.25) is 0 Å². The van der Waals surface area contributed by atoms with E-state index in [4.69, 9.17) is 0 Å². The molecule has 13 heavy (non-hydrogen) atoms. The van der Waals surface area contributed by atoms with Gasteiger partial charge in [0.15, 0.2) is 0 Å². The van der Waals surface area contributed by atoms with E-state index in [9.17, 15) is 5.11 Å². The molecule has 1 unspecified atom stereocenters. The average Bonchev–Trinajstić information content (AvgIpc) is 2.12. The van der Waals surface area contributed by atoms with Crippen molar-refractivity contribution in [2.75, 3.05) is 0 Å². The van der Waals surface area contributed by atoms with Crippen LogP contribution < -0.4 is 0 Å². The zero-order valence-electron chi connectivity index (χ0n) is 9.56. The highest BCUT2D eigenvalue weighted by Gasteiger charge is 2.35. The summed E-state index contributed by atoms with van der Waals surface area (Å²) in [5, 5.41) is 10.4. The molecule has 0 bridgehead atoms. The molecule has 1 rings (SSSR count). The predicted molar refractivity (Wildman–Crippen MR) is 56.7 cm³/mol. The minimum atomic E-state index is -0.381. The first kappa shape index (κ1) is 11.0. The lowest BCUT2D eigenvalue weighted by Gasteiger charge is -2.31. The molecule has 0 aromatic heterocycles. The Hall–Kier alpha value is -0.0400. The standard InChI is InChI=1S/C12H24O/c1-10(2)12(13)7-5-6-11(3,4)8-9-12/h10,13H,5-9H2,1-4H3. The molecule has 0 amide bonds. The van der Waals surface area contributed by atoms with Crippen LogP contribution in [0, 0.1) is 11.3 Å². The molecule has 0 aliphatic heterocycles. The lowest BCUT2D eigenvalue weighted by Crippen LogP contribution is -2.34. The van der Waals surface area contributed by atoms with Crippen molar-refractivity contribution in [3.8, 4) is 0 Å². The molecule has 1 saturated carbocycles. The van der Waals surface area contributed by atoms with Gasteiger partial charge in [0.25, 0.3) is 0 Å². The largest absolute Gasteiger partial charge is 0.390 e. The van der Waals surface area contributed by atoms with Gasteiger partial charge in [-0.15, -0.1) is 0 Å². The molecule has 0 radical (unpaired) electrons. The van der Waals surface area contributed by atoms with Gasteiger partial charge in [-0.1, -0.05) is 34.1 Å². The fraction of sp³-hybridized carbons (Fsp3) is 1.00. The highest BCUT2D eigenvalue weighted by atomic mass is 16.3. The molecule has 0 aromatic rings. The van der Waals surface area contributed by atoms with E-state index in [2.05, 4.69) is 27.7 Å². The molecule has 0 heterocycles. The van der Waals surface area contributed by atoms with Gasteiger partial charge in [0.2, 0.25) is 0 Å². The molecular weight excluding hydrogens is 160 g/mol. The van der Waals surface area contributed by atoms with E-state index < -0.39 is 0 Å². The van der Waals surface area contributed by atoms with Crippen LogP contribution in [0.4, 0.5) is 0 Å².